The van der Waals surface area contributed by atoms with Crippen LogP contribution in [0.5, 0.6) is 0 Å². The molecule has 3 aliphatic heterocycles. The van der Waals surface area contributed by atoms with Gasteiger partial charge < -0.3 is 54.9 Å². The molecule has 1 saturated heterocycles. The molecule has 0 radical (unpaired) electrons. The zero-order valence-corrected chi connectivity index (χ0v) is 56.0. The molecule has 0 aliphatic carbocycles. The minimum Gasteiger partial charge on any atom is -0.369 e. The number of likely N-dealkylation sites (N-methyl/N-ethyl adjacent to an activating group) is 1. The first-order chi connectivity index (χ1) is 43.1. The van der Waals surface area contributed by atoms with Crippen LogP contribution in [0.4, 0.5) is 17.3 Å². The average Bonchev–Trinajstić information content (AvgIpc) is 1.66. The monoisotopic (exact) mass is 1420 g/mol. The molecule has 1 fully saturated rings. The van der Waals surface area contributed by atoms with Gasteiger partial charge in [-0.2, -0.15) is 35.0 Å². The molecule has 5 atom stereocenters. The Bertz CT molecular complexity index is 4170. The number of amides is 2. The SMILES string of the molecule is CCN1\C(=C/C=C/C=C/C2=[N+](CCCCCC(=O)NCCSSCCC(=O)NCC#Cc3cn([C@H]4C[C@H](OCN=[N+]=[N-])[C@@H](COP(=O)(O)OP(=O)(O)OP(=O)(O)O)O4)c4nc(N)[nH]c(=O)c34)c3ccc(S(=O)(=O)O)cc3C2(C)C)C(C)(C)c2cc(S(=O)(=O)O)ccc21. The molecular weight excluding hydrogens is 1350 g/mol. The van der Waals surface area contributed by atoms with Crippen LogP contribution in [0.2, 0.25) is 0 Å². The molecule has 0 saturated carbocycles. The molecule has 2 aromatic carbocycles. The summed E-state index contributed by atoms with van der Waals surface area (Å²) < 4.78 is 131. The van der Waals surface area contributed by atoms with Gasteiger partial charge in [0.15, 0.2) is 11.4 Å². The van der Waals surface area contributed by atoms with Crippen molar-refractivity contribution in [2.75, 3.05) is 61.7 Å². The van der Waals surface area contributed by atoms with E-state index in [1.54, 1.807) is 12.1 Å². The third kappa shape index (κ3) is 19.1. The number of carbonyl (C=O) groups is 2. The fourth-order valence-corrected chi connectivity index (χ4v) is 16.5. The number of hydrogen-bond donors (Lipinski definition) is 10. The van der Waals surface area contributed by atoms with Gasteiger partial charge in [0.25, 0.3) is 25.8 Å². The van der Waals surface area contributed by atoms with Gasteiger partial charge in [-0.05, 0) is 81.1 Å². The summed E-state index contributed by atoms with van der Waals surface area (Å²) in [5.74, 6) is 5.89. The Labute approximate surface area is 536 Å². The lowest BCUT2D eigenvalue weighted by Crippen LogP contribution is -2.29. The average molecular weight is 1420 g/mol. The number of anilines is 2. The van der Waals surface area contributed by atoms with E-state index in [-0.39, 0.29) is 63.5 Å². The predicted octanol–water partition coefficient (Wildman–Crippen LogP) is 6.89. The van der Waals surface area contributed by atoms with Crippen molar-refractivity contribution in [3.8, 4) is 11.8 Å². The Morgan fingerprint density at radius 1 is 0.935 bits per heavy atom. The Balaban J connectivity index is 0.852. The molecule has 4 aromatic rings. The number of fused-ring (bicyclic) bond motifs is 3. The van der Waals surface area contributed by atoms with Gasteiger partial charge in [0.1, 0.15) is 25.6 Å². The largest absolute Gasteiger partial charge is 0.490 e. The summed E-state index contributed by atoms with van der Waals surface area (Å²) in [5, 5.41) is 8.86. The van der Waals surface area contributed by atoms with Crippen LogP contribution < -0.4 is 26.8 Å². The predicted molar refractivity (Wildman–Crippen MR) is 341 cm³/mol. The second-order valence-corrected chi connectivity index (χ2v) is 31.6. The highest BCUT2D eigenvalue weighted by molar-refractivity contribution is 8.76. The molecule has 7 rings (SSSR count). The van der Waals surface area contributed by atoms with E-state index in [9.17, 15) is 63.8 Å². The lowest BCUT2D eigenvalue weighted by atomic mass is 9.81. The zero-order chi connectivity index (χ0) is 67.6. The smallest absolute Gasteiger partial charge is 0.369 e. The molecule has 3 aliphatic rings. The van der Waals surface area contributed by atoms with Crippen LogP contribution in [0.1, 0.15) is 96.1 Å². The number of benzene rings is 2. The molecular formula is C53H69N11O21P3S4+. The summed E-state index contributed by atoms with van der Waals surface area (Å²) >= 11 is 0. The normalized spacial score (nSPS) is 19.6. The van der Waals surface area contributed by atoms with Crippen LogP contribution in [-0.4, -0.2) is 145 Å². The van der Waals surface area contributed by atoms with Gasteiger partial charge in [-0.15, -0.1) is 0 Å². The molecule has 11 N–H and O–H groups in total. The van der Waals surface area contributed by atoms with E-state index < -0.39 is 91.9 Å². The molecule has 2 amide bonds. The highest BCUT2D eigenvalue weighted by atomic mass is 33.1. The molecule has 2 unspecified atom stereocenters. The fourth-order valence-electron chi connectivity index (χ4n) is 10.6. The third-order valence-electron chi connectivity index (χ3n) is 14.7. The van der Waals surface area contributed by atoms with Crippen molar-refractivity contribution < 1.29 is 96.0 Å². The Kier molecular flexibility index (Phi) is 24.4. The fraction of sp³-hybridized carbons (Fsp3) is 0.453. The van der Waals surface area contributed by atoms with Gasteiger partial charge in [-0.3, -0.25) is 33.0 Å². The molecule has 32 nitrogen and oxygen atoms in total. The summed E-state index contributed by atoms with van der Waals surface area (Å²) in [6, 6.07) is 9.14. The molecule has 0 bridgehead atoms. The maximum absolute atomic E-state index is 13.2. The first-order valence-electron chi connectivity index (χ1n) is 28.0. The number of rotatable bonds is 31. The number of carbonyl (C=O) groups excluding carboxylic acids is 2. The molecule has 2 aromatic heterocycles. The van der Waals surface area contributed by atoms with Crippen molar-refractivity contribution >= 4 is 111 Å². The topological polar surface area (TPSA) is 477 Å². The number of aromatic nitrogens is 3. The summed E-state index contributed by atoms with van der Waals surface area (Å²) in [6.07, 6.45) is 9.75. The Morgan fingerprint density at radius 3 is 2.30 bits per heavy atom. The highest BCUT2D eigenvalue weighted by Crippen LogP contribution is 2.66. The first kappa shape index (κ1) is 73.4. The number of ether oxygens (including phenoxy) is 2. The third-order valence-corrected chi connectivity index (χ3v) is 22.6. The van der Waals surface area contributed by atoms with E-state index in [4.69, 9.17) is 35.0 Å². The van der Waals surface area contributed by atoms with Gasteiger partial charge in [0, 0.05) is 95.9 Å². The van der Waals surface area contributed by atoms with E-state index in [0.29, 0.717) is 56.8 Å². The number of nitrogens with zero attached hydrogens (tertiary/aromatic N) is 7. The van der Waals surface area contributed by atoms with E-state index in [0.717, 1.165) is 33.9 Å². The van der Waals surface area contributed by atoms with Gasteiger partial charge in [-0.25, -0.2) is 13.7 Å². The molecule has 0 spiro atoms. The molecule has 39 heteroatoms. The van der Waals surface area contributed by atoms with Gasteiger partial charge in [-0.1, -0.05) is 70.6 Å². The van der Waals surface area contributed by atoms with E-state index in [2.05, 4.69) is 60.6 Å². The minimum absolute atomic E-state index is 0.0285. The van der Waals surface area contributed by atoms with Crippen molar-refractivity contribution in [3.05, 3.63) is 116 Å². The lowest BCUT2D eigenvalue weighted by molar-refractivity contribution is -0.438. The Hall–Kier alpha value is -5.99. The summed E-state index contributed by atoms with van der Waals surface area (Å²) in [7, 11) is -23.1. The number of H-pyrrole nitrogens is 1. The number of phosphoric ester groups is 1. The summed E-state index contributed by atoms with van der Waals surface area (Å²) in [4.78, 5) is 86.7. The summed E-state index contributed by atoms with van der Waals surface area (Å²) in [5.41, 5.74) is 17.7. The van der Waals surface area contributed by atoms with Crippen LogP contribution in [0.3, 0.4) is 0 Å². The van der Waals surface area contributed by atoms with Crippen LogP contribution in [0.15, 0.2) is 98.4 Å². The molecule has 5 heterocycles. The lowest BCUT2D eigenvalue weighted by Gasteiger charge is -2.25. The number of azide groups is 1. The maximum atomic E-state index is 13.2. The number of unbranched alkanes of at least 4 members (excludes halogenated alkanes) is 2. The number of hydrogen-bond acceptors (Lipinski definition) is 21. The number of nitrogen functional groups attached to an aromatic ring is 1. The number of allylic oxidation sites excluding steroid dienone is 6. The Morgan fingerprint density at radius 2 is 1.62 bits per heavy atom. The van der Waals surface area contributed by atoms with Gasteiger partial charge in [0.05, 0.1) is 45.4 Å². The second kappa shape index (κ2) is 30.6. The number of phosphoric acid groups is 3. The standard InChI is InChI=1S/C53H68N11O21P3S4/c1-6-62-39-20-18-35(91(75,76)77)28-37(39)52(2,3)43(62)15-9-7-10-16-44-53(4,5)38-29-36(92(78,79)80)19-21-40(38)63(44)25-12-8-11-17-45(65)57-24-27-90-89-26-22-46(66)56-23-13-14-34-31-64(49-48(34)50(67)60-51(54)59-49)47-30-41(81-33-58-61-55)42(83-47)32-82-87(71,72)85-88(73,74)84-86(68,69)70/h7,9-10,15-16,18-21,28-29,31,41-42,47H,6,8,11-12,17,22-27,30,32-33H2,1-5H3,(H10-,54,56,57,59,60,65,66,67,68,69,70,71,72,73,74,75,76,77,78,79,80)/p+1/t41-,42+,47+/m0/s1. The van der Waals surface area contributed by atoms with Crippen LogP contribution in [-0.2, 0) is 77.0 Å². The van der Waals surface area contributed by atoms with E-state index in [1.807, 2.05) is 65.0 Å². The van der Waals surface area contributed by atoms with E-state index in [1.165, 1.54) is 56.6 Å². The number of nitrogens with one attached hydrogen (secondary N) is 3. The van der Waals surface area contributed by atoms with E-state index >= 15 is 0 Å². The van der Waals surface area contributed by atoms with Crippen LogP contribution in [0, 0.1) is 11.8 Å². The van der Waals surface area contributed by atoms with Crippen molar-refractivity contribution in [2.45, 2.75) is 112 Å². The first-order valence-corrected chi connectivity index (χ1v) is 37.9. The van der Waals surface area contributed by atoms with Crippen molar-refractivity contribution in [3.63, 3.8) is 0 Å². The summed E-state index contributed by atoms with van der Waals surface area (Å²) in [6.45, 7) is 9.88. The van der Waals surface area contributed by atoms with Gasteiger partial charge >= 0.3 is 23.5 Å². The minimum atomic E-state index is -5.84. The van der Waals surface area contributed by atoms with Gasteiger partial charge in [0.2, 0.25) is 23.5 Å². The molecule has 92 heavy (non-hydrogen) atoms. The quantitative estimate of drug-likeness (QED) is 0.00234. The second-order valence-electron chi connectivity index (χ2n) is 21.7. The van der Waals surface area contributed by atoms with Crippen molar-refractivity contribution in [1.29, 1.82) is 0 Å². The number of nitrogens with two attached hydrogens (primary N) is 1. The van der Waals surface area contributed by atoms with Crippen molar-refractivity contribution in [2.24, 2.45) is 5.11 Å². The van der Waals surface area contributed by atoms with Crippen LogP contribution in [0.25, 0.3) is 21.5 Å². The maximum Gasteiger partial charge on any atom is 0.490 e. The molecule has 500 valence electrons. The van der Waals surface area contributed by atoms with Crippen LogP contribution >= 0.6 is 45.1 Å². The highest BCUT2D eigenvalue weighted by Gasteiger charge is 2.46. The van der Waals surface area contributed by atoms with Crippen molar-refractivity contribution in [1.82, 2.24) is 25.2 Å². The number of aromatic amines is 1. The zero-order valence-electron chi connectivity index (χ0n) is 50.0.